The molecule has 0 radical (unpaired) electrons. The Labute approximate surface area is 252 Å². The van der Waals surface area contributed by atoms with Gasteiger partial charge in [0.15, 0.2) is 17.7 Å². The molecular formula is C35H40FNO6. The first-order valence-electron chi connectivity index (χ1n) is 14.7. The monoisotopic (exact) mass is 589 g/mol. The number of benzene rings is 3. The van der Waals surface area contributed by atoms with E-state index >= 15 is 4.39 Å². The summed E-state index contributed by atoms with van der Waals surface area (Å²) in [6.45, 7) is 14.2. The van der Waals surface area contributed by atoms with E-state index in [0.29, 0.717) is 54.1 Å². The molecule has 0 unspecified atom stereocenters. The van der Waals surface area contributed by atoms with E-state index in [-0.39, 0.29) is 11.7 Å². The van der Waals surface area contributed by atoms with Gasteiger partial charge >= 0.3 is 5.97 Å². The topological polar surface area (TPSA) is 85.3 Å². The zero-order valence-electron chi connectivity index (χ0n) is 26.2. The van der Waals surface area contributed by atoms with E-state index < -0.39 is 23.5 Å². The first kappa shape index (κ1) is 30.5. The number of amides is 1. The molecule has 7 nitrogen and oxygen atoms in total. The van der Waals surface area contributed by atoms with Crippen LogP contribution < -0.4 is 9.47 Å². The van der Waals surface area contributed by atoms with Gasteiger partial charge in [-0.25, -0.2) is 9.18 Å². The summed E-state index contributed by atoms with van der Waals surface area (Å²) in [5, 5.41) is 10.5. The van der Waals surface area contributed by atoms with Gasteiger partial charge in [0.2, 0.25) is 0 Å². The van der Waals surface area contributed by atoms with Gasteiger partial charge in [-0.2, -0.15) is 0 Å². The maximum atomic E-state index is 15.6. The molecule has 2 aliphatic heterocycles. The Balaban J connectivity index is 1.72. The maximum Gasteiger partial charge on any atom is 0.337 e. The van der Waals surface area contributed by atoms with E-state index in [1.54, 1.807) is 24.1 Å². The van der Waals surface area contributed by atoms with Crippen LogP contribution in [0.5, 0.6) is 11.5 Å². The predicted molar refractivity (Wildman–Crippen MR) is 162 cm³/mol. The molecule has 1 atom stereocenters. The second-order valence-corrected chi connectivity index (χ2v) is 12.6. The summed E-state index contributed by atoms with van der Waals surface area (Å²) in [5.74, 6) is -0.757. The summed E-state index contributed by atoms with van der Waals surface area (Å²) in [7, 11) is 1.59. The minimum absolute atomic E-state index is 0.118. The highest BCUT2D eigenvalue weighted by Crippen LogP contribution is 2.47. The van der Waals surface area contributed by atoms with Gasteiger partial charge in [0, 0.05) is 29.8 Å². The minimum Gasteiger partial charge on any atom is -0.497 e. The van der Waals surface area contributed by atoms with Crippen LogP contribution in [0, 0.1) is 33.5 Å². The van der Waals surface area contributed by atoms with Gasteiger partial charge in [-0.15, -0.1) is 0 Å². The molecule has 0 aromatic heterocycles. The van der Waals surface area contributed by atoms with Crippen molar-refractivity contribution in [2.24, 2.45) is 0 Å². The molecular weight excluding hydrogens is 549 g/mol. The summed E-state index contributed by atoms with van der Waals surface area (Å²) >= 11 is 0. The molecule has 228 valence electrons. The number of fused-ring (bicyclic) bond motifs is 2. The predicted octanol–water partition coefficient (Wildman–Crippen LogP) is 7.16. The average molecular weight is 590 g/mol. The highest BCUT2D eigenvalue weighted by molar-refractivity contribution is 5.96. The Kier molecular flexibility index (Phi) is 8.03. The molecule has 3 aromatic carbocycles. The lowest BCUT2D eigenvalue weighted by molar-refractivity contribution is -0.160. The largest absolute Gasteiger partial charge is 0.497 e. The summed E-state index contributed by atoms with van der Waals surface area (Å²) in [6, 6.07) is 6.84. The number of methoxy groups -OCH3 is 1. The fraction of sp³-hybridized carbons (Fsp3) is 0.429. The summed E-state index contributed by atoms with van der Waals surface area (Å²) in [5.41, 5.74) is 7.46. The van der Waals surface area contributed by atoms with Gasteiger partial charge in [-0.1, -0.05) is 0 Å². The third-order valence-electron chi connectivity index (χ3n) is 8.63. The van der Waals surface area contributed by atoms with Crippen molar-refractivity contribution >= 4 is 11.9 Å². The van der Waals surface area contributed by atoms with Gasteiger partial charge in [0.25, 0.3) is 5.91 Å². The van der Waals surface area contributed by atoms with Gasteiger partial charge in [-0.3, -0.25) is 4.79 Å². The molecule has 2 heterocycles. The normalized spacial score (nSPS) is 15.0. The number of ether oxygens (including phenoxy) is 3. The first-order chi connectivity index (χ1) is 20.2. The summed E-state index contributed by atoms with van der Waals surface area (Å²) in [6.07, 6.45) is 0.148. The highest BCUT2D eigenvalue weighted by atomic mass is 19.1. The molecule has 1 N–H and O–H groups in total. The van der Waals surface area contributed by atoms with Crippen LogP contribution in [0.3, 0.4) is 0 Å². The maximum absolute atomic E-state index is 15.6. The van der Waals surface area contributed by atoms with Crippen LogP contribution in [0.15, 0.2) is 24.3 Å². The molecule has 43 heavy (non-hydrogen) atoms. The highest BCUT2D eigenvalue weighted by Gasteiger charge is 2.37. The Morgan fingerprint density at radius 3 is 2.28 bits per heavy atom. The first-order valence-corrected chi connectivity index (χ1v) is 14.7. The van der Waals surface area contributed by atoms with Crippen molar-refractivity contribution in [2.75, 3.05) is 13.7 Å². The van der Waals surface area contributed by atoms with Gasteiger partial charge in [-0.05, 0) is 130 Å². The Bertz CT molecular complexity index is 1640. The third kappa shape index (κ3) is 5.49. The zero-order valence-corrected chi connectivity index (χ0v) is 26.2. The standard InChI is InChI=1S/C35H40FNO6/c1-18-14-22(41-8)11-12-23(18)33(38)37-16-26-20(3)29(25-15-28(36)31-24(19(25)2)10-9-13-42-31)30(21(4)27(26)17-37)32(34(39)40)43-35(5,6)7/h11-12,14-15,32H,9-10,13,16-17H2,1-8H3,(H,39,40)/t32-/m0/s1. The van der Waals surface area contributed by atoms with Crippen LogP contribution in [0.2, 0.25) is 0 Å². The number of rotatable bonds is 6. The SMILES string of the molecule is COc1ccc(C(=O)N2Cc3c(C)c(-c4cc(F)c5c(c4C)CCCO5)c([C@H](OC(C)(C)C)C(=O)O)c(C)c3C2)c(C)c1. The van der Waals surface area contributed by atoms with E-state index in [0.717, 1.165) is 45.4 Å². The van der Waals surface area contributed by atoms with Gasteiger partial charge in [0.1, 0.15) is 5.75 Å². The molecule has 0 saturated heterocycles. The third-order valence-corrected chi connectivity index (χ3v) is 8.63. The number of halogens is 1. The molecule has 2 aliphatic rings. The molecule has 0 aliphatic carbocycles. The van der Waals surface area contributed by atoms with Crippen molar-refractivity contribution in [2.45, 2.75) is 86.1 Å². The van der Waals surface area contributed by atoms with Crippen LogP contribution in [-0.4, -0.2) is 41.2 Å². The molecule has 0 bridgehead atoms. The number of carboxylic acid groups (broad SMARTS) is 1. The van der Waals surface area contributed by atoms with Crippen LogP contribution >= 0.6 is 0 Å². The number of carbonyl (C=O) groups is 2. The number of aliphatic carboxylic acids is 1. The van der Waals surface area contributed by atoms with Crippen LogP contribution in [0.4, 0.5) is 4.39 Å². The number of nitrogens with zero attached hydrogens (tertiary/aromatic N) is 1. The van der Waals surface area contributed by atoms with Gasteiger partial charge < -0.3 is 24.2 Å². The van der Waals surface area contributed by atoms with Crippen molar-refractivity contribution in [1.82, 2.24) is 4.90 Å². The molecule has 1 amide bonds. The molecule has 0 spiro atoms. The molecule has 0 fully saturated rings. The second-order valence-electron chi connectivity index (χ2n) is 12.6. The van der Waals surface area contributed by atoms with E-state index in [2.05, 4.69) is 0 Å². The number of carboxylic acids is 1. The van der Waals surface area contributed by atoms with Crippen molar-refractivity contribution in [3.63, 3.8) is 0 Å². The fourth-order valence-electron chi connectivity index (χ4n) is 6.52. The second kappa shape index (κ2) is 11.3. The quantitative estimate of drug-likeness (QED) is 0.329. The van der Waals surface area contributed by atoms with Crippen LogP contribution in [0.1, 0.15) is 88.2 Å². The van der Waals surface area contributed by atoms with Crippen molar-refractivity contribution in [3.05, 3.63) is 80.2 Å². The fourth-order valence-corrected chi connectivity index (χ4v) is 6.52. The Morgan fingerprint density at radius 1 is 1.00 bits per heavy atom. The van der Waals surface area contributed by atoms with E-state index in [1.165, 1.54) is 6.07 Å². The lowest BCUT2D eigenvalue weighted by Crippen LogP contribution is -2.29. The Morgan fingerprint density at radius 2 is 1.67 bits per heavy atom. The van der Waals surface area contributed by atoms with Crippen molar-refractivity contribution in [1.29, 1.82) is 0 Å². The number of hydrogen-bond acceptors (Lipinski definition) is 5. The average Bonchev–Trinajstić information content (AvgIpc) is 3.41. The molecule has 3 aromatic rings. The smallest absolute Gasteiger partial charge is 0.337 e. The van der Waals surface area contributed by atoms with E-state index in [9.17, 15) is 14.7 Å². The number of carbonyl (C=O) groups excluding carboxylic acids is 1. The van der Waals surface area contributed by atoms with E-state index in [1.807, 2.05) is 54.5 Å². The van der Waals surface area contributed by atoms with Crippen molar-refractivity contribution < 1.29 is 33.3 Å². The number of hydrogen-bond donors (Lipinski definition) is 1. The molecule has 5 rings (SSSR count). The number of aryl methyl sites for hydroxylation is 1. The van der Waals surface area contributed by atoms with Crippen LogP contribution in [-0.2, 0) is 29.0 Å². The summed E-state index contributed by atoms with van der Waals surface area (Å²) in [4.78, 5) is 28.4. The van der Waals surface area contributed by atoms with Gasteiger partial charge in [0.05, 0.1) is 19.3 Å². The molecule has 8 heteroatoms. The Hall–Kier alpha value is -3.91. The lowest BCUT2D eigenvalue weighted by Gasteiger charge is -2.31. The zero-order chi connectivity index (χ0) is 31.4. The van der Waals surface area contributed by atoms with Crippen molar-refractivity contribution in [3.8, 4) is 22.6 Å². The lowest BCUT2D eigenvalue weighted by atomic mass is 9.81. The minimum atomic E-state index is -1.30. The summed E-state index contributed by atoms with van der Waals surface area (Å²) < 4.78 is 32.8. The molecule has 0 saturated carbocycles. The van der Waals surface area contributed by atoms with E-state index in [4.69, 9.17) is 14.2 Å². The van der Waals surface area contributed by atoms with Crippen LogP contribution in [0.25, 0.3) is 11.1 Å².